The molecule has 0 heterocycles. The molecule has 114 valence electrons. The molecule has 0 saturated heterocycles. The zero-order chi connectivity index (χ0) is 16.3. The van der Waals surface area contributed by atoms with Gasteiger partial charge in [0.05, 0.1) is 17.5 Å². The fraction of sp³-hybridized carbons (Fsp3) is 0.0714. The third-order valence-electron chi connectivity index (χ3n) is 2.77. The molecule has 0 aromatic heterocycles. The standard InChI is InChI=1S/C14H10Cl2N2O3S/c15-10-7-12(16)14(19)13(8-10)22(20,21)18-11-3-1-9(2-4-11)5-6-17/h1-4,7-8,18-19H,5H2. The van der Waals surface area contributed by atoms with Gasteiger partial charge < -0.3 is 5.11 Å². The van der Waals surface area contributed by atoms with Crippen molar-refractivity contribution in [1.82, 2.24) is 0 Å². The van der Waals surface area contributed by atoms with E-state index in [9.17, 15) is 13.5 Å². The number of phenols is 1. The average Bonchev–Trinajstić information content (AvgIpc) is 2.45. The molecule has 0 bridgehead atoms. The van der Waals surface area contributed by atoms with Gasteiger partial charge in [-0.2, -0.15) is 5.26 Å². The first-order chi connectivity index (χ1) is 10.3. The zero-order valence-electron chi connectivity index (χ0n) is 11.0. The monoisotopic (exact) mass is 356 g/mol. The minimum atomic E-state index is -4.05. The third kappa shape index (κ3) is 3.63. The van der Waals surface area contributed by atoms with Crippen molar-refractivity contribution in [2.45, 2.75) is 11.3 Å². The summed E-state index contributed by atoms with van der Waals surface area (Å²) in [5.74, 6) is -0.570. The number of hydrogen-bond acceptors (Lipinski definition) is 4. The number of anilines is 1. The topological polar surface area (TPSA) is 90.2 Å². The normalized spacial score (nSPS) is 11.0. The van der Waals surface area contributed by atoms with Crippen molar-refractivity contribution in [3.05, 3.63) is 52.0 Å². The summed E-state index contributed by atoms with van der Waals surface area (Å²) in [5.41, 5.74) is 1.05. The van der Waals surface area contributed by atoms with Crippen molar-refractivity contribution in [3.8, 4) is 11.8 Å². The van der Waals surface area contributed by atoms with E-state index in [2.05, 4.69) is 4.72 Å². The first-order valence-corrected chi connectivity index (χ1v) is 8.24. The van der Waals surface area contributed by atoms with Crippen LogP contribution < -0.4 is 4.72 Å². The highest BCUT2D eigenvalue weighted by molar-refractivity contribution is 7.92. The highest BCUT2D eigenvalue weighted by Gasteiger charge is 2.21. The molecule has 0 amide bonds. The minimum absolute atomic E-state index is 0.0903. The summed E-state index contributed by atoms with van der Waals surface area (Å²) in [6.45, 7) is 0. The number of sulfonamides is 1. The highest BCUT2D eigenvalue weighted by atomic mass is 35.5. The second kappa shape index (κ2) is 6.44. The van der Waals surface area contributed by atoms with Crippen LogP contribution in [0, 0.1) is 11.3 Å². The summed E-state index contributed by atoms with van der Waals surface area (Å²) in [7, 11) is -4.05. The van der Waals surface area contributed by atoms with Gasteiger partial charge in [-0.1, -0.05) is 35.3 Å². The van der Waals surface area contributed by atoms with Gasteiger partial charge in [-0.25, -0.2) is 8.42 Å². The molecule has 0 unspecified atom stereocenters. The summed E-state index contributed by atoms with van der Waals surface area (Å²) < 4.78 is 26.9. The molecule has 0 atom stereocenters. The molecule has 8 heteroatoms. The van der Waals surface area contributed by atoms with Crippen molar-refractivity contribution < 1.29 is 13.5 Å². The molecule has 2 rings (SSSR count). The molecule has 0 radical (unpaired) electrons. The van der Waals surface area contributed by atoms with E-state index in [1.807, 2.05) is 6.07 Å². The Labute approximate surface area is 137 Å². The molecule has 0 fully saturated rings. The highest BCUT2D eigenvalue weighted by Crippen LogP contribution is 2.34. The van der Waals surface area contributed by atoms with Crippen molar-refractivity contribution >= 4 is 38.9 Å². The Morgan fingerprint density at radius 2 is 1.82 bits per heavy atom. The van der Waals surface area contributed by atoms with Gasteiger partial charge in [0.25, 0.3) is 10.0 Å². The van der Waals surface area contributed by atoms with Crippen LogP contribution in [-0.4, -0.2) is 13.5 Å². The summed E-state index contributed by atoms with van der Waals surface area (Å²) >= 11 is 11.5. The van der Waals surface area contributed by atoms with E-state index in [-0.39, 0.29) is 22.2 Å². The van der Waals surface area contributed by atoms with Gasteiger partial charge in [0, 0.05) is 10.7 Å². The van der Waals surface area contributed by atoms with Crippen LogP contribution in [0.15, 0.2) is 41.3 Å². The molecular formula is C14H10Cl2N2O3S. The Kier molecular flexibility index (Phi) is 4.81. The van der Waals surface area contributed by atoms with Crippen LogP contribution >= 0.6 is 23.2 Å². The maximum Gasteiger partial charge on any atom is 0.265 e. The van der Waals surface area contributed by atoms with Crippen molar-refractivity contribution in [2.24, 2.45) is 0 Å². The van der Waals surface area contributed by atoms with Crippen LogP contribution in [0.1, 0.15) is 5.56 Å². The van der Waals surface area contributed by atoms with Crippen LogP contribution in [0.3, 0.4) is 0 Å². The van der Waals surface area contributed by atoms with Crippen LogP contribution in [0.25, 0.3) is 0 Å². The lowest BCUT2D eigenvalue weighted by molar-refractivity contribution is 0.459. The van der Waals surface area contributed by atoms with Gasteiger partial charge in [0.1, 0.15) is 4.90 Å². The second-order valence-corrected chi connectivity index (χ2v) is 6.87. The summed E-state index contributed by atoms with van der Waals surface area (Å²) in [4.78, 5) is -0.411. The Bertz CT molecular complexity index is 844. The van der Waals surface area contributed by atoms with E-state index in [0.717, 1.165) is 11.6 Å². The van der Waals surface area contributed by atoms with Crippen LogP contribution in [0.5, 0.6) is 5.75 Å². The van der Waals surface area contributed by atoms with E-state index in [1.54, 1.807) is 12.1 Å². The lowest BCUT2D eigenvalue weighted by atomic mass is 10.1. The average molecular weight is 357 g/mol. The first kappa shape index (κ1) is 16.4. The molecule has 5 nitrogen and oxygen atoms in total. The molecule has 0 aliphatic heterocycles. The number of hydrogen-bond donors (Lipinski definition) is 2. The molecule has 0 saturated carbocycles. The third-order valence-corrected chi connectivity index (χ3v) is 4.67. The van der Waals surface area contributed by atoms with Gasteiger partial charge in [-0.15, -0.1) is 0 Å². The molecule has 0 aliphatic rings. The van der Waals surface area contributed by atoms with Crippen LogP contribution in [0.4, 0.5) is 5.69 Å². The Morgan fingerprint density at radius 1 is 1.18 bits per heavy atom. The van der Waals surface area contributed by atoms with E-state index in [1.165, 1.54) is 18.2 Å². The lowest BCUT2D eigenvalue weighted by Gasteiger charge is -2.11. The Morgan fingerprint density at radius 3 is 2.41 bits per heavy atom. The Hall–Kier alpha value is -1.94. The summed E-state index contributed by atoms with van der Waals surface area (Å²) in [6.07, 6.45) is 0.234. The quantitative estimate of drug-likeness (QED) is 0.875. The summed E-state index contributed by atoms with van der Waals surface area (Å²) in [5, 5.41) is 18.3. The van der Waals surface area contributed by atoms with Gasteiger partial charge in [-0.3, -0.25) is 4.72 Å². The van der Waals surface area contributed by atoms with Gasteiger partial charge in [0.2, 0.25) is 0 Å². The lowest BCUT2D eigenvalue weighted by Crippen LogP contribution is -2.13. The number of nitriles is 1. The smallest absolute Gasteiger partial charge is 0.265 e. The number of aromatic hydroxyl groups is 1. The number of rotatable bonds is 4. The van der Waals surface area contributed by atoms with E-state index >= 15 is 0 Å². The number of halogens is 2. The largest absolute Gasteiger partial charge is 0.505 e. The van der Waals surface area contributed by atoms with E-state index in [0.29, 0.717) is 0 Å². The first-order valence-electron chi connectivity index (χ1n) is 6.00. The van der Waals surface area contributed by atoms with Crippen molar-refractivity contribution in [3.63, 3.8) is 0 Å². The van der Waals surface area contributed by atoms with Crippen molar-refractivity contribution in [2.75, 3.05) is 4.72 Å². The maximum atomic E-state index is 12.3. The van der Waals surface area contributed by atoms with Crippen molar-refractivity contribution in [1.29, 1.82) is 5.26 Å². The van der Waals surface area contributed by atoms with Gasteiger partial charge in [0.15, 0.2) is 5.75 Å². The van der Waals surface area contributed by atoms with Gasteiger partial charge in [-0.05, 0) is 29.8 Å². The molecule has 2 aromatic carbocycles. The van der Waals surface area contributed by atoms with Gasteiger partial charge >= 0.3 is 0 Å². The summed E-state index contributed by atoms with van der Waals surface area (Å²) in [6, 6.07) is 10.7. The molecule has 2 N–H and O–H groups in total. The SMILES string of the molecule is N#CCc1ccc(NS(=O)(=O)c2cc(Cl)cc(Cl)c2O)cc1. The van der Waals surface area contributed by atoms with E-state index < -0.39 is 20.7 Å². The molecule has 0 aliphatic carbocycles. The predicted molar refractivity (Wildman–Crippen MR) is 84.7 cm³/mol. The molecular weight excluding hydrogens is 347 g/mol. The fourth-order valence-electron chi connectivity index (χ4n) is 1.74. The number of nitrogens with one attached hydrogen (secondary N) is 1. The predicted octanol–water partition coefficient (Wildman–Crippen LogP) is 3.57. The van der Waals surface area contributed by atoms with Crippen LogP contribution in [-0.2, 0) is 16.4 Å². The number of phenolic OH excluding ortho intramolecular Hbond substituents is 1. The fourth-order valence-corrected chi connectivity index (χ4v) is 3.56. The second-order valence-electron chi connectivity index (χ2n) is 4.37. The number of nitrogens with zero attached hydrogens (tertiary/aromatic N) is 1. The molecule has 2 aromatic rings. The van der Waals surface area contributed by atoms with Crippen LogP contribution in [0.2, 0.25) is 10.0 Å². The minimum Gasteiger partial charge on any atom is -0.505 e. The number of benzene rings is 2. The molecule has 0 spiro atoms. The maximum absolute atomic E-state index is 12.3. The van der Waals surface area contributed by atoms with E-state index in [4.69, 9.17) is 28.5 Å². The molecule has 22 heavy (non-hydrogen) atoms. The zero-order valence-corrected chi connectivity index (χ0v) is 13.4. The Balaban J connectivity index is 2.34.